The average molecular weight is 309 g/mol. The van der Waals surface area contributed by atoms with Gasteiger partial charge in [0.25, 0.3) is 5.56 Å². The molecule has 2 N–H and O–H groups in total. The van der Waals surface area contributed by atoms with Crippen LogP contribution in [-0.2, 0) is 0 Å². The van der Waals surface area contributed by atoms with Crippen molar-refractivity contribution in [2.75, 3.05) is 18.6 Å². The number of aromatic nitrogens is 2. The van der Waals surface area contributed by atoms with E-state index < -0.39 is 0 Å². The molecule has 6 heteroatoms. The summed E-state index contributed by atoms with van der Waals surface area (Å²) in [7, 11) is 1.80. The quantitative estimate of drug-likeness (QED) is 0.782. The van der Waals surface area contributed by atoms with Crippen molar-refractivity contribution < 1.29 is 5.11 Å². The third-order valence-corrected chi connectivity index (χ3v) is 3.01. The second kappa shape index (κ2) is 4.74. The molecule has 0 fully saturated rings. The zero-order chi connectivity index (χ0) is 10.7. The number of aliphatic hydroxyl groups excluding tert-OH is 1. The third kappa shape index (κ3) is 2.24. The SMILES string of the molecule is CC(CO)N(C)c1nc[nH]c(=O)c1I. The molecule has 1 heterocycles. The lowest BCUT2D eigenvalue weighted by molar-refractivity contribution is 0.269. The highest BCUT2D eigenvalue weighted by Gasteiger charge is 2.14. The fourth-order valence-electron chi connectivity index (χ4n) is 0.951. The summed E-state index contributed by atoms with van der Waals surface area (Å²) in [4.78, 5) is 19.6. The van der Waals surface area contributed by atoms with Gasteiger partial charge in [-0.3, -0.25) is 4.79 Å². The van der Waals surface area contributed by atoms with Crippen LogP contribution in [0, 0.1) is 3.57 Å². The number of nitrogens with one attached hydrogen (secondary N) is 1. The highest BCUT2D eigenvalue weighted by atomic mass is 127. The smallest absolute Gasteiger partial charge is 0.266 e. The number of hydrogen-bond donors (Lipinski definition) is 2. The molecule has 1 aromatic rings. The predicted octanol–water partition coefficient (Wildman–Crippen LogP) is 0.192. The van der Waals surface area contributed by atoms with E-state index in [9.17, 15) is 4.79 Å². The Hall–Kier alpha value is -0.630. The minimum Gasteiger partial charge on any atom is -0.394 e. The molecule has 0 bridgehead atoms. The minimum atomic E-state index is -0.160. The van der Waals surface area contributed by atoms with Gasteiger partial charge in [-0.05, 0) is 29.5 Å². The lowest BCUT2D eigenvalue weighted by atomic mass is 10.3. The first-order valence-corrected chi connectivity index (χ1v) is 5.22. The normalized spacial score (nSPS) is 12.6. The second-order valence-corrected chi connectivity index (χ2v) is 4.09. The highest BCUT2D eigenvalue weighted by molar-refractivity contribution is 14.1. The number of likely N-dealkylation sites (N-methyl/N-ethyl adjacent to an activating group) is 1. The molecule has 0 aliphatic rings. The van der Waals surface area contributed by atoms with Gasteiger partial charge in [-0.15, -0.1) is 0 Å². The molecule has 0 saturated heterocycles. The Balaban J connectivity index is 3.07. The van der Waals surface area contributed by atoms with Crippen LogP contribution in [0.15, 0.2) is 11.1 Å². The summed E-state index contributed by atoms with van der Waals surface area (Å²) in [6.07, 6.45) is 1.36. The van der Waals surface area contributed by atoms with E-state index >= 15 is 0 Å². The second-order valence-electron chi connectivity index (χ2n) is 3.01. The number of anilines is 1. The summed E-state index contributed by atoms with van der Waals surface area (Å²) < 4.78 is 0.535. The topological polar surface area (TPSA) is 69.2 Å². The van der Waals surface area contributed by atoms with Crippen LogP contribution in [0.5, 0.6) is 0 Å². The summed E-state index contributed by atoms with van der Waals surface area (Å²) in [5.41, 5.74) is -0.160. The fourth-order valence-corrected chi connectivity index (χ4v) is 1.63. The van der Waals surface area contributed by atoms with E-state index in [1.54, 1.807) is 11.9 Å². The number of aliphatic hydroxyl groups is 1. The van der Waals surface area contributed by atoms with Crippen molar-refractivity contribution in [2.24, 2.45) is 0 Å². The molecule has 1 atom stereocenters. The van der Waals surface area contributed by atoms with Gasteiger partial charge in [0, 0.05) is 7.05 Å². The van der Waals surface area contributed by atoms with Gasteiger partial charge in [-0.2, -0.15) is 0 Å². The highest BCUT2D eigenvalue weighted by Crippen LogP contribution is 2.15. The number of aromatic amines is 1. The van der Waals surface area contributed by atoms with Crippen molar-refractivity contribution in [1.29, 1.82) is 0 Å². The van der Waals surface area contributed by atoms with Crippen LogP contribution < -0.4 is 10.5 Å². The molecule has 0 aliphatic heterocycles. The van der Waals surface area contributed by atoms with Gasteiger partial charge in [-0.1, -0.05) is 0 Å². The van der Waals surface area contributed by atoms with Crippen LogP contribution in [0.2, 0.25) is 0 Å². The fraction of sp³-hybridized carbons (Fsp3) is 0.500. The van der Waals surface area contributed by atoms with Crippen molar-refractivity contribution in [3.05, 3.63) is 20.3 Å². The maximum Gasteiger partial charge on any atom is 0.266 e. The number of nitrogens with zero attached hydrogens (tertiary/aromatic N) is 2. The molecule has 0 amide bonds. The maximum absolute atomic E-state index is 11.3. The van der Waals surface area contributed by atoms with E-state index in [-0.39, 0.29) is 18.2 Å². The van der Waals surface area contributed by atoms with Crippen LogP contribution in [0.25, 0.3) is 0 Å². The summed E-state index contributed by atoms with van der Waals surface area (Å²) in [6, 6.07) is -0.0576. The molecule has 14 heavy (non-hydrogen) atoms. The van der Waals surface area contributed by atoms with E-state index in [0.717, 1.165) is 0 Å². The van der Waals surface area contributed by atoms with Crippen LogP contribution in [0.3, 0.4) is 0 Å². The van der Waals surface area contributed by atoms with Crippen molar-refractivity contribution in [1.82, 2.24) is 9.97 Å². The van der Waals surface area contributed by atoms with Crippen LogP contribution >= 0.6 is 22.6 Å². The van der Waals surface area contributed by atoms with E-state index in [2.05, 4.69) is 9.97 Å². The van der Waals surface area contributed by atoms with Crippen molar-refractivity contribution in [3.8, 4) is 0 Å². The third-order valence-electron chi connectivity index (χ3n) is 2.04. The first-order chi connectivity index (χ1) is 6.57. The Kier molecular flexibility index (Phi) is 3.87. The lowest BCUT2D eigenvalue weighted by Gasteiger charge is -2.24. The predicted molar refractivity (Wildman–Crippen MR) is 62.5 cm³/mol. The molecular formula is C8H12IN3O2. The Morgan fingerprint density at radius 1 is 1.79 bits per heavy atom. The molecule has 1 unspecified atom stereocenters. The molecule has 0 aliphatic carbocycles. The molecule has 0 radical (unpaired) electrons. The van der Waals surface area contributed by atoms with Crippen molar-refractivity contribution >= 4 is 28.4 Å². The van der Waals surface area contributed by atoms with Gasteiger partial charge in [-0.25, -0.2) is 4.98 Å². The Morgan fingerprint density at radius 2 is 2.43 bits per heavy atom. The molecule has 0 spiro atoms. The Labute approximate surface area is 95.3 Å². The lowest BCUT2D eigenvalue weighted by Crippen LogP contribution is -2.34. The number of halogens is 1. The largest absolute Gasteiger partial charge is 0.394 e. The summed E-state index contributed by atoms with van der Waals surface area (Å²) in [5, 5.41) is 8.97. The zero-order valence-electron chi connectivity index (χ0n) is 7.99. The molecule has 0 aromatic carbocycles. The van der Waals surface area contributed by atoms with Gasteiger partial charge in [0.1, 0.15) is 9.39 Å². The summed E-state index contributed by atoms with van der Waals surface area (Å²) in [6.45, 7) is 1.89. The Morgan fingerprint density at radius 3 is 3.00 bits per heavy atom. The monoisotopic (exact) mass is 309 g/mol. The summed E-state index contributed by atoms with van der Waals surface area (Å²) in [5.74, 6) is 0.593. The number of H-pyrrole nitrogens is 1. The molecule has 1 rings (SSSR count). The molecule has 78 valence electrons. The number of rotatable bonds is 3. The van der Waals surface area contributed by atoms with E-state index in [1.165, 1.54) is 6.33 Å². The molecular weight excluding hydrogens is 297 g/mol. The summed E-state index contributed by atoms with van der Waals surface area (Å²) >= 11 is 1.94. The van der Waals surface area contributed by atoms with Gasteiger partial charge in [0.2, 0.25) is 0 Å². The van der Waals surface area contributed by atoms with Crippen LogP contribution in [0.4, 0.5) is 5.82 Å². The first-order valence-electron chi connectivity index (χ1n) is 4.14. The van der Waals surface area contributed by atoms with Crippen LogP contribution in [-0.4, -0.2) is 34.8 Å². The van der Waals surface area contributed by atoms with Crippen molar-refractivity contribution in [3.63, 3.8) is 0 Å². The van der Waals surface area contributed by atoms with Gasteiger partial charge in [0.15, 0.2) is 0 Å². The molecule has 5 nitrogen and oxygen atoms in total. The number of hydrogen-bond acceptors (Lipinski definition) is 4. The van der Waals surface area contributed by atoms with Crippen LogP contribution in [0.1, 0.15) is 6.92 Å². The maximum atomic E-state index is 11.3. The first kappa shape index (κ1) is 11.4. The zero-order valence-corrected chi connectivity index (χ0v) is 10.1. The van der Waals surface area contributed by atoms with Crippen molar-refractivity contribution in [2.45, 2.75) is 13.0 Å². The van der Waals surface area contributed by atoms with Gasteiger partial charge < -0.3 is 15.0 Å². The average Bonchev–Trinajstić information content (AvgIpc) is 2.20. The van der Waals surface area contributed by atoms with Gasteiger partial charge in [0.05, 0.1) is 19.0 Å². The molecule has 0 saturated carbocycles. The standard InChI is InChI=1S/C8H12IN3O2/c1-5(3-13)12(2)7-6(9)8(14)11-4-10-7/h4-5,13H,3H2,1-2H3,(H,10,11,14). The minimum absolute atomic E-state index is 0.0288. The molecule has 1 aromatic heterocycles. The Bertz CT molecular complexity index is 366. The van der Waals surface area contributed by atoms with E-state index in [1.807, 2.05) is 29.5 Å². The van der Waals surface area contributed by atoms with Gasteiger partial charge >= 0.3 is 0 Å². The van der Waals surface area contributed by atoms with E-state index in [4.69, 9.17) is 5.11 Å². The van der Waals surface area contributed by atoms with E-state index in [0.29, 0.717) is 9.39 Å².